The molecule has 0 amide bonds. The summed E-state index contributed by atoms with van der Waals surface area (Å²) in [6, 6.07) is 6.29. The Morgan fingerprint density at radius 1 is 1.29 bits per heavy atom. The Morgan fingerprint density at radius 2 is 1.93 bits per heavy atom. The van der Waals surface area contributed by atoms with Crippen LogP contribution in [0.15, 0.2) is 18.2 Å². The molecule has 1 aliphatic heterocycles. The minimum absolute atomic E-state index is 0.456. The molecule has 1 fully saturated rings. The maximum absolute atomic E-state index is 5.98. The third kappa shape index (κ3) is 1.57. The number of hydrogen-bond donors (Lipinski definition) is 1. The van der Waals surface area contributed by atoms with Crippen LogP contribution >= 0.6 is 0 Å². The van der Waals surface area contributed by atoms with Crippen molar-refractivity contribution in [3.05, 3.63) is 23.8 Å². The van der Waals surface area contributed by atoms with Crippen molar-refractivity contribution < 1.29 is 0 Å². The highest BCUT2D eigenvalue weighted by Crippen LogP contribution is 2.36. The summed E-state index contributed by atoms with van der Waals surface area (Å²) in [6.07, 6.45) is 0. The topological polar surface area (TPSA) is 29.3 Å². The molecule has 1 heterocycles. The summed E-state index contributed by atoms with van der Waals surface area (Å²) in [7, 11) is 0. The summed E-state index contributed by atoms with van der Waals surface area (Å²) in [5.74, 6) is 0. The predicted molar refractivity (Wildman–Crippen MR) is 61.6 cm³/mol. The third-order valence-corrected chi connectivity index (χ3v) is 2.76. The molecule has 1 aromatic carbocycles. The number of nitrogens with two attached hydrogens (primary N) is 1. The summed E-state index contributed by atoms with van der Waals surface area (Å²) in [5, 5.41) is 0. The highest BCUT2D eigenvalue weighted by atomic mass is 15.2. The second kappa shape index (κ2) is 2.91. The molecule has 2 N–H and O–H groups in total. The van der Waals surface area contributed by atoms with Crippen LogP contribution in [0.5, 0.6) is 0 Å². The molecule has 0 bridgehead atoms. The molecule has 1 aliphatic rings. The molecule has 0 unspecified atom stereocenters. The summed E-state index contributed by atoms with van der Waals surface area (Å²) < 4.78 is 0. The molecular formula is C12H18N2. The first-order chi connectivity index (χ1) is 6.48. The predicted octanol–water partition coefficient (Wildman–Crippen LogP) is 2.42. The zero-order chi connectivity index (χ0) is 10.3. The molecular weight excluding hydrogens is 172 g/mol. The van der Waals surface area contributed by atoms with Crippen LogP contribution in [-0.2, 0) is 0 Å². The monoisotopic (exact) mass is 190 g/mol. The lowest BCUT2D eigenvalue weighted by Crippen LogP contribution is -2.53. The first-order valence-corrected chi connectivity index (χ1v) is 5.09. The molecule has 2 nitrogen and oxygen atoms in total. The Labute approximate surface area is 85.7 Å². The van der Waals surface area contributed by atoms with E-state index in [0.29, 0.717) is 5.41 Å². The minimum Gasteiger partial charge on any atom is -0.397 e. The van der Waals surface area contributed by atoms with E-state index in [1.54, 1.807) is 0 Å². The van der Waals surface area contributed by atoms with E-state index in [0.717, 1.165) is 18.8 Å². The van der Waals surface area contributed by atoms with E-state index in [2.05, 4.69) is 37.8 Å². The number of hydrogen-bond acceptors (Lipinski definition) is 2. The Bertz CT molecular complexity index is 347. The van der Waals surface area contributed by atoms with E-state index < -0.39 is 0 Å². The first kappa shape index (κ1) is 9.38. The van der Waals surface area contributed by atoms with Crippen LogP contribution in [0.2, 0.25) is 0 Å². The van der Waals surface area contributed by atoms with Crippen molar-refractivity contribution in [2.75, 3.05) is 23.7 Å². The van der Waals surface area contributed by atoms with E-state index in [9.17, 15) is 0 Å². The van der Waals surface area contributed by atoms with Crippen molar-refractivity contribution in [1.29, 1.82) is 0 Å². The lowest BCUT2D eigenvalue weighted by atomic mass is 9.84. The molecule has 1 saturated heterocycles. The number of anilines is 2. The van der Waals surface area contributed by atoms with Gasteiger partial charge in [0.15, 0.2) is 0 Å². The van der Waals surface area contributed by atoms with Gasteiger partial charge in [0.05, 0.1) is 11.4 Å². The first-order valence-electron chi connectivity index (χ1n) is 5.09. The zero-order valence-electron chi connectivity index (χ0n) is 9.17. The van der Waals surface area contributed by atoms with Gasteiger partial charge in [0.25, 0.3) is 0 Å². The lowest BCUT2D eigenvalue weighted by molar-refractivity contribution is 0.277. The van der Waals surface area contributed by atoms with Gasteiger partial charge in [-0.3, -0.25) is 0 Å². The Balaban J connectivity index is 2.19. The quantitative estimate of drug-likeness (QED) is 0.689. The van der Waals surface area contributed by atoms with Gasteiger partial charge in [0.1, 0.15) is 0 Å². The zero-order valence-corrected chi connectivity index (χ0v) is 9.17. The Kier molecular flexibility index (Phi) is 1.95. The fourth-order valence-corrected chi connectivity index (χ4v) is 2.12. The van der Waals surface area contributed by atoms with E-state index in [-0.39, 0.29) is 0 Å². The molecule has 1 aromatic rings. The van der Waals surface area contributed by atoms with Crippen LogP contribution in [-0.4, -0.2) is 13.1 Å². The number of benzene rings is 1. The van der Waals surface area contributed by atoms with Crippen LogP contribution in [0.4, 0.5) is 11.4 Å². The molecule has 2 heteroatoms. The van der Waals surface area contributed by atoms with Gasteiger partial charge >= 0.3 is 0 Å². The summed E-state index contributed by atoms with van der Waals surface area (Å²) in [5.41, 5.74) is 9.76. The van der Waals surface area contributed by atoms with Gasteiger partial charge < -0.3 is 10.6 Å². The van der Waals surface area contributed by atoms with E-state index >= 15 is 0 Å². The van der Waals surface area contributed by atoms with Gasteiger partial charge in [-0.15, -0.1) is 0 Å². The van der Waals surface area contributed by atoms with Crippen molar-refractivity contribution in [3.8, 4) is 0 Å². The Hall–Kier alpha value is -1.18. The standard InChI is InChI=1S/C12H18N2/c1-9-4-5-11(10(13)6-9)14-7-12(2,3)8-14/h4-6H,7-8,13H2,1-3H3. The maximum atomic E-state index is 5.98. The van der Waals surface area contributed by atoms with E-state index in [1.807, 2.05) is 6.07 Å². The van der Waals surface area contributed by atoms with Crippen LogP contribution in [0, 0.1) is 12.3 Å². The smallest absolute Gasteiger partial charge is 0.0600 e. The molecule has 0 atom stereocenters. The molecule has 76 valence electrons. The van der Waals surface area contributed by atoms with Gasteiger partial charge in [-0.2, -0.15) is 0 Å². The van der Waals surface area contributed by atoms with Gasteiger partial charge in [-0.1, -0.05) is 19.9 Å². The van der Waals surface area contributed by atoms with E-state index in [1.165, 1.54) is 11.3 Å². The summed E-state index contributed by atoms with van der Waals surface area (Å²) >= 11 is 0. The maximum Gasteiger partial charge on any atom is 0.0600 e. The number of nitrogen functional groups attached to an aromatic ring is 1. The SMILES string of the molecule is Cc1ccc(N2CC(C)(C)C2)c(N)c1. The highest BCUT2D eigenvalue weighted by Gasteiger charge is 2.34. The summed E-state index contributed by atoms with van der Waals surface area (Å²) in [6.45, 7) is 8.86. The van der Waals surface area contributed by atoms with Gasteiger partial charge in [-0.05, 0) is 30.0 Å². The lowest BCUT2D eigenvalue weighted by Gasteiger charge is -2.47. The second-order valence-corrected chi connectivity index (χ2v) is 5.08. The number of nitrogens with zero attached hydrogens (tertiary/aromatic N) is 1. The largest absolute Gasteiger partial charge is 0.397 e. The molecule has 0 saturated carbocycles. The molecule has 2 rings (SSSR count). The second-order valence-electron chi connectivity index (χ2n) is 5.08. The number of rotatable bonds is 1. The average molecular weight is 190 g/mol. The molecule has 0 spiro atoms. The van der Waals surface area contributed by atoms with Gasteiger partial charge in [0, 0.05) is 13.1 Å². The fourth-order valence-electron chi connectivity index (χ4n) is 2.12. The van der Waals surface area contributed by atoms with Crippen molar-refractivity contribution in [2.45, 2.75) is 20.8 Å². The minimum atomic E-state index is 0.456. The van der Waals surface area contributed by atoms with Crippen molar-refractivity contribution >= 4 is 11.4 Å². The molecule has 0 radical (unpaired) electrons. The van der Waals surface area contributed by atoms with Crippen molar-refractivity contribution in [1.82, 2.24) is 0 Å². The normalized spacial score (nSPS) is 19.2. The van der Waals surface area contributed by atoms with E-state index in [4.69, 9.17) is 5.73 Å². The average Bonchev–Trinajstić information content (AvgIpc) is 2.00. The molecule has 14 heavy (non-hydrogen) atoms. The van der Waals surface area contributed by atoms with Crippen LogP contribution in [0.3, 0.4) is 0 Å². The van der Waals surface area contributed by atoms with Crippen LogP contribution in [0.25, 0.3) is 0 Å². The van der Waals surface area contributed by atoms with Crippen molar-refractivity contribution in [2.24, 2.45) is 5.41 Å². The van der Waals surface area contributed by atoms with Gasteiger partial charge in [-0.25, -0.2) is 0 Å². The van der Waals surface area contributed by atoms with Crippen LogP contribution in [0.1, 0.15) is 19.4 Å². The van der Waals surface area contributed by atoms with Gasteiger partial charge in [0.2, 0.25) is 0 Å². The fraction of sp³-hybridized carbons (Fsp3) is 0.500. The molecule has 0 aliphatic carbocycles. The van der Waals surface area contributed by atoms with Crippen LogP contribution < -0.4 is 10.6 Å². The number of aryl methyl sites for hydroxylation is 1. The Morgan fingerprint density at radius 3 is 2.43 bits per heavy atom. The highest BCUT2D eigenvalue weighted by molar-refractivity contribution is 5.69. The van der Waals surface area contributed by atoms with Crippen molar-refractivity contribution in [3.63, 3.8) is 0 Å². The summed E-state index contributed by atoms with van der Waals surface area (Å²) in [4.78, 5) is 2.34. The third-order valence-electron chi connectivity index (χ3n) is 2.76. The molecule has 0 aromatic heterocycles.